The monoisotopic (exact) mass is 317 g/mol. The van der Waals surface area contributed by atoms with E-state index in [2.05, 4.69) is 4.90 Å². The Bertz CT molecular complexity index is 739. The predicted molar refractivity (Wildman–Crippen MR) is 88.7 cm³/mol. The van der Waals surface area contributed by atoms with E-state index in [1.807, 2.05) is 19.2 Å². The van der Waals surface area contributed by atoms with Gasteiger partial charge in [0.1, 0.15) is 11.3 Å². The van der Waals surface area contributed by atoms with E-state index in [0.717, 1.165) is 36.8 Å². The predicted octanol–water partition coefficient (Wildman–Crippen LogP) is 2.39. The van der Waals surface area contributed by atoms with Gasteiger partial charge in [0.05, 0.1) is 13.2 Å². The summed E-state index contributed by atoms with van der Waals surface area (Å²) in [5, 5.41) is 10.9. The fraction of sp³-hybridized carbons (Fsp3) is 0.500. The highest BCUT2D eigenvalue weighted by Gasteiger charge is 2.26. The average molecular weight is 317 g/mol. The lowest BCUT2D eigenvalue weighted by molar-refractivity contribution is 0.108. The minimum atomic E-state index is -0.352. The summed E-state index contributed by atoms with van der Waals surface area (Å²) in [6.45, 7) is 1.48. The number of hydrogen-bond acceptors (Lipinski definition) is 5. The molecule has 0 saturated heterocycles. The van der Waals surface area contributed by atoms with Crippen molar-refractivity contribution in [1.82, 2.24) is 4.90 Å². The highest BCUT2D eigenvalue weighted by molar-refractivity contribution is 5.81. The molecule has 124 valence electrons. The third kappa shape index (κ3) is 3.57. The molecular weight excluding hydrogens is 294 g/mol. The summed E-state index contributed by atoms with van der Waals surface area (Å²) in [5.41, 5.74) is 1.13. The van der Waals surface area contributed by atoms with Crippen LogP contribution in [0.1, 0.15) is 24.8 Å². The van der Waals surface area contributed by atoms with Gasteiger partial charge in [0, 0.05) is 30.6 Å². The molecular formula is C18H23NO4. The minimum Gasteiger partial charge on any atom is -0.497 e. The third-order valence-electron chi connectivity index (χ3n) is 4.64. The van der Waals surface area contributed by atoms with Crippen molar-refractivity contribution in [1.29, 1.82) is 0 Å². The Hall–Kier alpha value is -1.85. The number of hydrogen-bond donors (Lipinski definition) is 1. The Morgan fingerprint density at radius 3 is 2.87 bits per heavy atom. The Morgan fingerprint density at radius 1 is 1.35 bits per heavy atom. The van der Waals surface area contributed by atoms with Gasteiger partial charge >= 0.3 is 5.63 Å². The second kappa shape index (κ2) is 6.72. The van der Waals surface area contributed by atoms with E-state index in [-0.39, 0.29) is 11.7 Å². The number of nitrogens with zero attached hydrogens (tertiary/aromatic N) is 1. The van der Waals surface area contributed by atoms with Crippen LogP contribution in [0, 0.1) is 5.92 Å². The van der Waals surface area contributed by atoms with E-state index in [4.69, 9.17) is 9.15 Å². The van der Waals surface area contributed by atoms with Crippen LogP contribution in [0.2, 0.25) is 0 Å². The lowest BCUT2D eigenvalue weighted by atomic mass is 10.0. The zero-order valence-electron chi connectivity index (χ0n) is 13.6. The standard InChI is InChI=1S/C18H23NO4/c1-19(10-12-4-3-5-16(12)20)11-13-8-18(21)23-17-9-14(22-2)6-7-15(13)17/h6-9,12,16,20H,3-5,10-11H2,1-2H3. The largest absolute Gasteiger partial charge is 0.497 e. The maximum Gasteiger partial charge on any atom is 0.336 e. The molecule has 2 unspecified atom stereocenters. The van der Waals surface area contributed by atoms with E-state index in [1.165, 1.54) is 0 Å². The molecule has 3 rings (SSSR count). The Balaban J connectivity index is 1.82. The molecule has 0 bridgehead atoms. The first-order valence-electron chi connectivity index (χ1n) is 8.04. The van der Waals surface area contributed by atoms with Crippen molar-refractivity contribution >= 4 is 11.0 Å². The summed E-state index contributed by atoms with van der Waals surface area (Å²) >= 11 is 0. The molecule has 5 nitrogen and oxygen atoms in total. The Morgan fingerprint density at radius 2 is 2.17 bits per heavy atom. The summed E-state index contributed by atoms with van der Waals surface area (Å²) in [6, 6.07) is 7.08. The molecule has 23 heavy (non-hydrogen) atoms. The molecule has 0 radical (unpaired) electrons. The Kier molecular flexibility index (Phi) is 4.68. The zero-order chi connectivity index (χ0) is 16.4. The normalized spacial score (nSPS) is 21.2. The van der Waals surface area contributed by atoms with Crippen LogP contribution in [0.3, 0.4) is 0 Å². The summed E-state index contributed by atoms with van der Waals surface area (Å²) in [7, 11) is 3.61. The molecule has 1 N–H and O–H groups in total. The highest BCUT2D eigenvalue weighted by atomic mass is 16.5. The molecule has 1 aliphatic carbocycles. The average Bonchev–Trinajstić information content (AvgIpc) is 2.91. The van der Waals surface area contributed by atoms with Crippen molar-refractivity contribution < 1.29 is 14.3 Å². The zero-order valence-corrected chi connectivity index (χ0v) is 13.6. The van der Waals surface area contributed by atoms with E-state index in [0.29, 0.717) is 23.8 Å². The van der Waals surface area contributed by atoms with E-state index in [1.54, 1.807) is 19.2 Å². The smallest absolute Gasteiger partial charge is 0.336 e. The first-order chi connectivity index (χ1) is 11.1. The van der Waals surface area contributed by atoms with Crippen molar-refractivity contribution in [2.45, 2.75) is 31.9 Å². The summed E-state index contributed by atoms with van der Waals surface area (Å²) in [4.78, 5) is 14.0. The first kappa shape index (κ1) is 16.0. The highest BCUT2D eigenvalue weighted by Crippen LogP contribution is 2.27. The summed E-state index contributed by atoms with van der Waals surface area (Å²) < 4.78 is 10.5. The van der Waals surface area contributed by atoms with Gasteiger partial charge in [-0.15, -0.1) is 0 Å². The van der Waals surface area contributed by atoms with E-state index in [9.17, 15) is 9.90 Å². The molecule has 1 fully saturated rings. The van der Waals surface area contributed by atoms with E-state index < -0.39 is 0 Å². The maximum atomic E-state index is 11.8. The number of ether oxygens (including phenoxy) is 1. The third-order valence-corrected chi connectivity index (χ3v) is 4.64. The van der Waals surface area contributed by atoms with Gasteiger partial charge in [-0.25, -0.2) is 4.79 Å². The Labute approximate surface area is 135 Å². The van der Waals surface area contributed by atoms with E-state index >= 15 is 0 Å². The van der Waals surface area contributed by atoms with Gasteiger partial charge in [-0.3, -0.25) is 0 Å². The van der Waals surface area contributed by atoms with Crippen LogP contribution in [-0.2, 0) is 6.54 Å². The number of rotatable bonds is 5. The van der Waals surface area contributed by atoms with Crippen molar-refractivity contribution in [3.8, 4) is 5.75 Å². The maximum absolute atomic E-state index is 11.8. The van der Waals surface area contributed by atoms with Crippen LogP contribution in [0.5, 0.6) is 5.75 Å². The van der Waals surface area contributed by atoms with Gasteiger partial charge in [0.2, 0.25) is 0 Å². The van der Waals surface area contributed by atoms with Crippen molar-refractivity contribution in [3.05, 3.63) is 40.2 Å². The van der Waals surface area contributed by atoms with Crippen LogP contribution in [0.15, 0.2) is 33.5 Å². The lowest BCUT2D eigenvalue weighted by Gasteiger charge is -2.23. The summed E-state index contributed by atoms with van der Waals surface area (Å²) in [6.07, 6.45) is 2.87. The molecule has 0 aliphatic heterocycles. The quantitative estimate of drug-likeness (QED) is 0.858. The fourth-order valence-corrected chi connectivity index (χ4v) is 3.45. The van der Waals surface area contributed by atoms with Crippen molar-refractivity contribution in [2.75, 3.05) is 20.7 Å². The minimum absolute atomic E-state index is 0.195. The number of fused-ring (bicyclic) bond motifs is 1. The number of aliphatic hydroxyl groups excluding tert-OH is 1. The van der Waals surface area contributed by atoms with Crippen molar-refractivity contribution in [3.63, 3.8) is 0 Å². The molecule has 1 aliphatic rings. The van der Waals surface area contributed by atoms with Crippen LogP contribution in [0.4, 0.5) is 0 Å². The van der Waals surface area contributed by atoms with Crippen LogP contribution in [0.25, 0.3) is 11.0 Å². The molecule has 1 saturated carbocycles. The molecule has 1 aromatic heterocycles. The van der Waals surface area contributed by atoms with Gasteiger partial charge in [-0.2, -0.15) is 0 Å². The number of benzene rings is 1. The number of methoxy groups -OCH3 is 1. The molecule has 2 atom stereocenters. The second-order valence-electron chi connectivity index (χ2n) is 6.41. The topological polar surface area (TPSA) is 62.9 Å². The number of aliphatic hydroxyl groups is 1. The molecule has 5 heteroatoms. The SMILES string of the molecule is COc1ccc2c(CN(C)CC3CCCC3O)cc(=O)oc2c1. The molecule has 0 amide bonds. The second-order valence-corrected chi connectivity index (χ2v) is 6.41. The fourth-order valence-electron chi connectivity index (χ4n) is 3.45. The van der Waals surface area contributed by atoms with Gasteiger partial charge in [-0.05, 0) is 43.5 Å². The van der Waals surface area contributed by atoms with Crippen LogP contribution in [-0.4, -0.2) is 36.8 Å². The van der Waals surface area contributed by atoms with Gasteiger partial charge in [0.25, 0.3) is 0 Å². The first-order valence-corrected chi connectivity index (χ1v) is 8.04. The van der Waals surface area contributed by atoms with Gasteiger partial charge in [-0.1, -0.05) is 6.42 Å². The summed E-state index contributed by atoms with van der Waals surface area (Å²) in [5.74, 6) is 0.992. The van der Waals surface area contributed by atoms with Crippen LogP contribution < -0.4 is 10.4 Å². The molecule has 1 heterocycles. The molecule has 0 spiro atoms. The van der Waals surface area contributed by atoms with Crippen LogP contribution >= 0.6 is 0 Å². The van der Waals surface area contributed by atoms with Gasteiger partial charge < -0.3 is 19.2 Å². The van der Waals surface area contributed by atoms with Gasteiger partial charge in [0.15, 0.2) is 0 Å². The lowest BCUT2D eigenvalue weighted by Crippen LogP contribution is -2.29. The molecule has 1 aromatic carbocycles. The van der Waals surface area contributed by atoms with Crippen molar-refractivity contribution in [2.24, 2.45) is 5.92 Å². The molecule has 2 aromatic rings.